The third-order valence-electron chi connectivity index (χ3n) is 2.89. The molecule has 1 unspecified atom stereocenters. The lowest BCUT2D eigenvalue weighted by atomic mass is 10.3. The third kappa shape index (κ3) is 3.96. The molecule has 0 amide bonds. The monoisotopic (exact) mass is 217 g/mol. The Morgan fingerprint density at radius 2 is 1.38 bits per heavy atom. The summed E-state index contributed by atoms with van der Waals surface area (Å²) in [5.74, 6) is 0. The van der Waals surface area contributed by atoms with Gasteiger partial charge >= 0.3 is 0 Å². The lowest BCUT2D eigenvalue weighted by Crippen LogP contribution is -2.51. The summed E-state index contributed by atoms with van der Waals surface area (Å²) in [4.78, 5) is 0. The zero-order chi connectivity index (χ0) is 10.8. The molecule has 0 rings (SSSR count). The van der Waals surface area contributed by atoms with Crippen molar-refractivity contribution in [3.05, 3.63) is 0 Å². The highest BCUT2D eigenvalue weighted by atomic mass is 28.3. The van der Waals surface area contributed by atoms with Gasteiger partial charge in [-0.3, -0.25) is 0 Å². The zero-order valence-corrected chi connectivity index (χ0v) is 13.8. The van der Waals surface area contributed by atoms with E-state index in [2.05, 4.69) is 52.7 Å². The van der Waals surface area contributed by atoms with Gasteiger partial charge in [0.15, 0.2) is 0 Å². The van der Waals surface area contributed by atoms with Crippen LogP contribution in [0.4, 0.5) is 0 Å². The van der Waals surface area contributed by atoms with Crippen LogP contribution in [0.3, 0.4) is 0 Å². The van der Waals surface area contributed by atoms with E-state index >= 15 is 0 Å². The van der Waals surface area contributed by atoms with Gasteiger partial charge in [-0.25, -0.2) is 0 Å². The van der Waals surface area contributed by atoms with Crippen molar-refractivity contribution in [2.75, 3.05) is 0 Å². The van der Waals surface area contributed by atoms with Crippen LogP contribution in [0.15, 0.2) is 0 Å². The van der Waals surface area contributed by atoms with Crippen molar-refractivity contribution in [3.8, 4) is 0 Å². The number of hydrogen-bond acceptors (Lipinski definition) is 1. The molecule has 0 N–H and O–H groups in total. The summed E-state index contributed by atoms with van der Waals surface area (Å²) in [7, 11) is 0.595. The summed E-state index contributed by atoms with van der Waals surface area (Å²) in [6.07, 6.45) is 0. The van der Waals surface area contributed by atoms with Gasteiger partial charge in [0.25, 0.3) is 0 Å². The second-order valence-electron chi connectivity index (χ2n) is 5.68. The molecule has 0 heterocycles. The maximum absolute atomic E-state index is 2.76. The Labute approximate surface area is 89.0 Å². The predicted octanol–water partition coefficient (Wildman–Crippen LogP) is 1.56. The Morgan fingerprint density at radius 1 is 1.08 bits per heavy atom. The van der Waals surface area contributed by atoms with E-state index in [1.54, 1.807) is 0 Å². The average molecular weight is 218 g/mol. The van der Waals surface area contributed by atoms with E-state index in [-0.39, 0.29) is 0 Å². The van der Waals surface area contributed by atoms with Crippen molar-refractivity contribution >= 4 is 19.2 Å². The van der Waals surface area contributed by atoms with Gasteiger partial charge < -0.3 is 4.57 Å². The molecular weight excluding hydrogens is 190 g/mol. The summed E-state index contributed by atoms with van der Waals surface area (Å²) in [5.41, 5.74) is 0. The first-order chi connectivity index (χ1) is 5.68. The van der Waals surface area contributed by atoms with Gasteiger partial charge in [0, 0.05) is 10.2 Å². The predicted molar refractivity (Wildman–Crippen MR) is 69.1 cm³/mol. The molecule has 0 spiro atoms. The fourth-order valence-electron chi connectivity index (χ4n) is 1.94. The molecule has 0 saturated carbocycles. The van der Waals surface area contributed by atoms with E-state index in [1.165, 1.54) is 10.2 Å². The first-order valence-electron chi connectivity index (χ1n) is 5.45. The van der Waals surface area contributed by atoms with Crippen LogP contribution in [0.1, 0.15) is 41.5 Å². The van der Waals surface area contributed by atoms with Crippen LogP contribution in [-0.2, 0) is 0 Å². The Morgan fingerprint density at radius 3 is 1.46 bits per heavy atom. The van der Waals surface area contributed by atoms with Gasteiger partial charge in [-0.15, -0.1) is 0 Å². The smallest absolute Gasteiger partial charge is 0.111 e. The van der Waals surface area contributed by atoms with E-state index in [9.17, 15) is 0 Å². The second kappa shape index (κ2) is 4.76. The van der Waals surface area contributed by atoms with E-state index in [4.69, 9.17) is 0 Å². The summed E-state index contributed by atoms with van der Waals surface area (Å²) in [6, 6.07) is 1.43. The summed E-state index contributed by atoms with van der Waals surface area (Å²) in [5, 5.41) is 0. The van der Waals surface area contributed by atoms with Crippen LogP contribution in [-0.4, -0.2) is 35.8 Å². The van der Waals surface area contributed by atoms with Crippen LogP contribution in [0, 0.1) is 0 Å². The Bertz CT molecular complexity index is 141. The van der Waals surface area contributed by atoms with Crippen LogP contribution in [0.2, 0.25) is 11.2 Å². The molecule has 1 atom stereocenters. The van der Waals surface area contributed by atoms with Crippen LogP contribution in [0.25, 0.3) is 0 Å². The molecule has 3 heteroatoms. The molecule has 0 aliphatic rings. The lowest BCUT2D eigenvalue weighted by Gasteiger charge is -2.42. The highest BCUT2D eigenvalue weighted by molar-refractivity contribution is 6.66. The van der Waals surface area contributed by atoms with Gasteiger partial charge in [-0.1, -0.05) is 48.1 Å². The van der Waals surface area contributed by atoms with E-state index < -0.39 is 8.96 Å². The van der Waals surface area contributed by atoms with Crippen LogP contribution in [0.5, 0.6) is 0 Å². The molecule has 0 aromatic rings. The highest BCUT2D eigenvalue weighted by Gasteiger charge is 2.30. The zero-order valence-electron chi connectivity index (χ0n) is 10.7. The number of rotatable bonds is 4. The summed E-state index contributed by atoms with van der Waals surface area (Å²) < 4.78 is 3.40. The summed E-state index contributed by atoms with van der Waals surface area (Å²) >= 11 is 0. The topological polar surface area (TPSA) is 3.24 Å². The maximum Gasteiger partial charge on any atom is 0.111 e. The lowest BCUT2D eigenvalue weighted by molar-refractivity contribution is 0.298. The average Bonchev–Trinajstić information content (AvgIpc) is 1.82. The molecule has 0 bridgehead atoms. The van der Waals surface area contributed by atoms with E-state index in [0.717, 1.165) is 12.1 Å². The quantitative estimate of drug-likeness (QED) is 0.646. The van der Waals surface area contributed by atoms with E-state index in [0.29, 0.717) is 4.66 Å². The minimum atomic E-state index is -0.726. The van der Waals surface area contributed by atoms with E-state index in [1.807, 2.05) is 0 Å². The highest BCUT2D eigenvalue weighted by Crippen LogP contribution is 2.27. The van der Waals surface area contributed by atoms with Crippen molar-refractivity contribution in [2.24, 2.45) is 0 Å². The van der Waals surface area contributed by atoms with Gasteiger partial charge in [0.2, 0.25) is 0 Å². The Balaban J connectivity index is 4.56. The fraction of sp³-hybridized carbons (Fsp3) is 1.00. The molecule has 0 saturated heterocycles. The van der Waals surface area contributed by atoms with Crippen molar-refractivity contribution in [1.82, 2.24) is 4.57 Å². The molecule has 0 aromatic carbocycles. The summed E-state index contributed by atoms with van der Waals surface area (Å²) in [6.45, 7) is 16.7. The second-order valence-corrected chi connectivity index (χ2v) is 13.1. The fourth-order valence-corrected chi connectivity index (χ4v) is 5.52. The first kappa shape index (κ1) is 13.4. The van der Waals surface area contributed by atoms with Gasteiger partial charge in [-0.2, -0.15) is 0 Å². The molecule has 0 aliphatic heterocycles. The minimum absolute atomic E-state index is 0.647. The van der Waals surface area contributed by atoms with Crippen molar-refractivity contribution in [3.63, 3.8) is 0 Å². The van der Waals surface area contributed by atoms with Gasteiger partial charge in [-0.05, 0) is 16.7 Å². The number of nitrogens with zero attached hydrogens (tertiary/aromatic N) is 1. The maximum atomic E-state index is 2.76. The Kier molecular flexibility index (Phi) is 4.90. The standard InChI is InChI=1S/C10H27NSi2/c1-8(2)11(9(3)4)13(7)10(5,6)12/h8-9,13H,1-7,12H3. The molecule has 13 heavy (non-hydrogen) atoms. The minimum Gasteiger partial charge on any atom is -0.322 e. The first-order valence-corrected chi connectivity index (χ1v) is 8.70. The molecular formula is C10H27NSi2. The molecule has 1 nitrogen and oxygen atoms in total. The van der Waals surface area contributed by atoms with Crippen LogP contribution < -0.4 is 0 Å². The largest absolute Gasteiger partial charge is 0.322 e. The van der Waals surface area contributed by atoms with Crippen LogP contribution >= 0.6 is 0 Å². The molecule has 0 fully saturated rings. The Hall–Kier alpha value is 0.394. The third-order valence-corrected chi connectivity index (χ3v) is 9.99. The van der Waals surface area contributed by atoms with Crippen molar-refractivity contribution in [2.45, 2.75) is 64.8 Å². The van der Waals surface area contributed by atoms with Crippen molar-refractivity contribution < 1.29 is 0 Å². The molecule has 0 aromatic heterocycles. The molecule has 0 aliphatic carbocycles. The van der Waals surface area contributed by atoms with Gasteiger partial charge in [0.1, 0.15) is 8.96 Å². The SMILES string of the molecule is CC(C)N(C(C)C)[SiH](C)C(C)(C)[SiH3]. The van der Waals surface area contributed by atoms with Crippen molar-refractivity contribution in [1.29, 1.82) is 0 Å². The van der Waals surface area contributed by atoms with Gasteiger partial charge in [0.05, 0.1) is 0 Å². The number of hydrogen-bond donors (Lipinski definition) is 0. The normalized spacial score (nSPS) is 16.2. The molecule has 0 radical (unpaired) electrons. The molecule has 80 valence electrons.